The Kier molecular flexibility index (Phi) is 6.54. The van der Waals surface area contributed by atoms with Crippen molar-refractivity contribution in [2.75, 3.05) is 6.54 Å². The maximum absolute atomic E-state index is 12.4. The molecule has 0 aliphatic carbocycles. The number of carbonyl (C=O) groups excluding carboxylic acids is 1. The topological polar surface area (TPSA) is 103 Å². The second-order valence-electron chi connectivity index (χ2n) is 5.34. The summed E-state index contributed by atoms with van der Waals surface area (Å²) in [5.74, 6) is -0.296. The van der Waals surface area contributed by atoms with Gasteiger partial charge in [0.15, 0.2) is 0 Å². The molecule has 0 spiro atoms. The molecule has 0 aliphatic heterocycles. The number of nitrogens with two attached hydrogens (primary N) is 1. The van der Waals surface area contributed by atoms with E-state index >= 15 is 0 Å². The van der Waals surface area contributed by atoms with Gasteiger partial charge in [-0.1, -0.05) is 30.0 Å². The smallest absolute Gasteiger partial charge is 0.252 e. The summed E-state index contributed by atoms with van der Waals surface area (Å²) in [5.41, 5.74) is 7.82. The summed E-state index contributed by atoms with van der Waals surface area (Å²) < 4.78 is 0. The molecule has 0 atom stereocenters. The summed E-state index contributed by atoms with van der Waals surface area (Å²) in [5, 5.41) is 17.5. The average molecular weight is 352 g/mol. The van der Waals surface area contributed by atoms with Gasteiger partial charge in [0, 0.05) is 39.0 Å². The third-order valence-electron chi connectivity index (χ3n) is 3.56. The van der Waals surface area contributed by atoms with E-state index in [1.54, 1.807) is 24.8 Å². The van der Waals surface area contributed by atoms with Gasteiger partial charge in [-0.2, -0.15) is 0 Å². The van der Waals surface area contributed by atoms with Crippen LogP contribution in [0.4, 0.5) is 0 Å². The maximum atomic E-state index is 12.4. The van der Waals surface area contributed by atoms with Crippen molar-refractivity contribution in [3.63, 3.8) is 0 Å². The molecule has 0 heterocycles. The van der Waals surface area contributed by atoms with Crippen LogP contribution in [0.25, 0.3) is 0 Å². The van der Waals surface area contributed by atoms with E-state index in [1.165, 1.54) is 6.21 Å². The van der Waals surface area contributed by atoms with Crippen molar-refractivity contribution in [1.29, 1.82) is 10.8 Å². The first-order valence-corrected chi connectivity index (χ1v) is 8.48. The minimum Gasteiger partial charge on any atom is -0.400 e. The highest BCUT2D eigenvalue weighted by Crippen LogP contribution is 2.28. The van der Waals surface area contributed by atoms with Crippen molar-refractivity contribution in [2.45, 2.75) is 16.7 Å². The zero-order chi connectivity index (χ0) is 18.2. The normalized spacial score (nSPS) is 11.4. The van der Waals surface area contributed by atoms with Gasteiger partial charge in [0.25, 0.3) is 5.91 Å². The summed E-state index contributed by atoms with van der Waals surface area (Å²) in [6.45, 7) is 1.88. The van der Waals surface area contributed by atoms with Crippen molar-refractivity contribution in [2.24, 2.45) is 5.73 Å². The predicted octanol–water partition coefficient (Wildman–Crippen LogP) is 3.45. The number of allylic oxidation sites excluding steroid dienone is 1. The molecule has 2 aromatic rings. The van der Waals surface area contributed by atoms with E-state index in [0.717, 1.165) is 16.0 Å². The number of hydrogen-bond donors (Lipinski definition) is 4. The molecule has 2 aromatic carbocycles. The Bertz CT molecular complexity index is 815. The van der Waals surface area contributed by atoms with E-state index in [9.17, 15) is 4.79 Å². The average Bonchev–Trinajstić information content (AvgIpc) is 2.65. The third-order valence-corrected chi connectivity index (χ3v) is 4.56. The zero-order valence-corrected chi connectivity index (χ0v) is 14.7. The molecule has 6 heteroatoms. The van der Waals surface area contributed by atoms with Crippen LogP contribution in [-0.2, 0) is 0 Å². The largest absolute Gasteiger partial charge is 0.400 e. The van der Waals surface area contributed by atoms with Gasteiger partial charge >= 0.3 is 0 Å². The van der Waals surface area contributed by atoms with Crippen molar-refractivity contribution >= 4 is 30.1 Å². The molecule has 5 N–H and O–H groups in total. The second-order valence-corrected chi connectivity index (χ2v) is 6.49. The molecular weight excluding hydrogens is 332 g/mol. The summed E-state index contributed by atoms with van der Waals surface area (Å²) in [6.07, 6.45) is 2.33. The molecule has 0 aliphatic rings. The van der Waals surface area contributed by atoms with E-state index in [0.29, 0.717) is 22.4 Å². The molecule has 2 rings (SSSR count). The van der Waals surface area contributed by atoms with E-state index in [4.69, 9.17) is 16.6 Å². The highest BCUT2D eigenvalue weighted by atomic mass is 32.2. The molecule has 0 radical (unpaired) electrons. The van der Waals surface area contributed by atoms with Crippen LogP contribution in [0.3, 0.4) is 0 Å². The molecule has 0 saturated carbocycles. The molecule has 0 unspecified atom stereocenters. The van der Waals surface area contributed by atoms with Gasteiger partial charge < -0.3 is 21.9 Å². The van der Waals surface area contributed by atoms with Gasteiger partial charge in [0.05, 0.1) is 6.54 Å². The number of nitrogens with one attached hydrogen (secondary N) is 3. The van der Waals surface area contributed by atoms with Crippen LogP contribution in [0, 0.1) is 10.8 Å². The summed E-state index contributed by atoms with van der Waals surface area (Å²) in [7, 11) is 0. The fraction of sp³-hybridized carbons (Fsp3) is 0.105. The van der Waals surface area contributed by atoms with Gasteiger partial charge in [-0.05, 0) is 42.8 Å². The van der Waals surface area contributed by atoms with Crippen LogP contribution in [0.2, 0.25) is 0 Å². The van der Waals surface area contributed by atoms with Crippen LogP contribution >= 0.6 is 11.8 Å². The maximum Gasteiger partial charge on any atom is 0.252 e. The Balaban J connectivity index is 2.14. The van der Waals surface area contributed by atoms with Gasteiger partial charge in [-0.3, -0.25) is 4.79 Å². The zero-order valence-electron chi connectivity index (χ0n) is 13.9. The Morgan fingerprint density at radius 3 is 2.52 bits per heavy atom. The van der Waals surface area contributed by atoms with Crippen LogP contribution in [0.5, 0.6) is 0 Å². The molecule has 0 saturated heterocycles. The minimum absolute atomic E-state index is 0.165. The lowest BCUT2D eigenvalue weighted by Crippen LogP contribution is -2.29. The van der Waals surface area contributed by atoms with Crippen LogP contribution in [0.1, 0.15) is 22.8 Å². The van der Waals surface area contributed by atoms with Crippen LogP contribution in [0.15, 0.2) is 69.6 Å². The van der Waals surface area contributed by atoms with Crippen molar-refractivity contribution < 1.29 is 4.79 Å². The van der Waals surface area contributed by atoms with E-state index in [-0.39, 0.29) is 12.5 Å². The van der Waals surface area contributed by atoms with E-state index < -0.39 is 0 Å². The highest BCUT2D eigenvalue weighted by molar-refractivity contribution is 7.99. The van der Waals surface area contributed by atoms with E-state index in [1.807, 2.05) is 42.5 Å². The molecule has 25 heavy (non-hydrogen) atoms. The molecule has 0 fully saturated rings. The number of benzene rings is 2. The minimum atomic E-state index is -0.296. The van der Waals surface area contributed by atoms with Crippen molar-refractivity contribution in [3.8, 4) is 0 Å². The molecule has 0 bridgehead atoms. The van der Waals surface area contributed by atoms with Gasteiger partial charge in [0.1, 0.15) is 0 Å². The first kappa shape index (κ1) is 18.5. The summed E-state index contributed by atoms with van der Waals surface area (Å²) >= 11 is 1.58. The first-order valence-electron chi connectivity index (χ1n) is 7.66. The fourth-order valence-electron chi connectivity index (χ4n) is 2.06. The van der Waals surface area contributed by atoms with Crippen LogP contribution in [-0.4, -0.2) is 24.9 Å². The number of hydrogen-bond acceptors (Lipinski definition) is 5. The standard InChI is InChI=1S/C19H20N4OS/c1-13(10-20)18(22)12-23-19(24)17-8-7-16(9-14(17)11-21)25-15-5-3-2-4-6-15/h2-11,20-21H,12,22H2,1H3,(H,23,24). The third kappa shape index (κ3) is 5.06. The Labute approximate surface area is 151 Å². The van der Waals surface area contributed by atoms with Gasteiger partial charge in [-0.25, -0.2) is 0 Å². The molecule has 5 nitrogen and oxygen atoms in total. The van der Waals surface area contributed by atoms with Crippen molar-refractivity contribution in [1.82, 2.24) is 5.32 Å². The quantitative estimate of drug-likeness (QED) is 0.574. The molecular formula is C19H20N4OS. The molecule has 0 aromatic heterocycles. The Morgan fingerprint density at radius 2 is 1.88 bits per heavy atom. The second kappa shape index (κ2) is 8.84. The fourth-order valence-corrected chi connectivity index (χ4v) is 2.95. The Hall–Kier alpha value is -2.86. The Morgan fingerprint density at radius 1 is 1.16 bits per heavy atom. The number of amides is 1. The lowest BCUT2D eigenvalue weighted by Gasteiger charge is -2.10. The number of carbonyl (C=O) groups is 1. The van der Waals surface area contributed by atoms with Crippen molar-refractivity contribution in [3.05, 3.63) is 70.9 Å². The monoisotopic (exact) mass is 352 g/mol. The lowest BCUT2D eigenvalue weighted by molar-refractivity contribution is 0.0956. The first-order chi connectivity index (χ1) is 12.0. The molecule has 128 valence electrons. The number of rotatable bonds is 7. The van der Waals surface area contributed by atoms with Gasteiger partial charge in [-0.15, -0.1) is 0 Å². The molecule has 1 amide bonds. The van der Waals surface area contributed by atoms with E-state index in [2.05, 4.69) is 5.32 Å². The summed E-state index contributed by atoms with van der Waals surface area (Å²) in [4.78, 5) is 14.4. The predicted molar refractivity (Wildman–Crippen MR) is 103 cm³/mol. The highest BCUT2D eigenvalue weighted by Gasteiger charge is 2.11. The lowest BCUT2D eigenvalue weighted by atomic mass is 10.1. The van der Waals surface area contributed by atoms with Gasteiger partial charge in [0.2, 0.25) is 0 Å². The SMILES string of the molecule is CC(C=N)=C(N)CNC(=O)c1ccc(Sc2ccccc2)cc1C=N. The van der Waals surface area contributed by atoms with Crippen LogP contribution < -0.4 is 11.1 Å². The summed E-state index contributed by atoms with van der Waals surface area (Å²) in [6, 6.07) is 15.3.